The summed E-state index contributed by atoms with van der Waals surface area (Å²) in [5, 5.41) is 2.84. The van der Waals surface area contributed by atoms with Crippen molar-refractivity contribution in [2.45, 2.75) is 57.4 Å². The van der Waals surface area contributed by atoms with E-state index in [1.54, 1.807) is 19.2 Å². The minimum atomic E-state index is -3.57. The first-order valence-electron chi connectivity index (χ1n) is 8.17. The number of carbonyl (C=O) groups excluding carboxylic acids is 1. The van der Waals surface area contributed by atoms with Crippen LogP contribution < -0.4 is 5.32 Å². The molecule has 1 amide bonds. The van der Waals surface area contributed by atoms with Gasteiger partial charge in [0.1, 0.15) is 0 Å². The molecule has 1 aromatic carbocycles. The summed E-state index contributed by atoms with van der Waals surface area (Å²) in [5.74, 6) is -0.231. The SMILES string of the molecule is CCCCCCNC(=O)c1cccc(S(=O)(=O)N(C)C(C)C)c1. The number of rotatable bonds is 9. The van der Waals surface area contributed by atoms with E-state index < -0.39 is 10.0 Å². The van der Waals surface area contributed by atoms with Gasteiger partial charge in [-0.25, -0.2) is 8.42 Å². The number of carbonyl (C=O) groups is 1. The molecule has 0 aromatic heterocycles. The first-order chi connectivity index (χ1) is 10.8. The molecule has 0 saturated carbocycles. The number of nitrogens with zero attached hydrogens (tertiary/aromatic N) is 1. The molecule has 0 fully saturated rings. The zero-order valence-electron chi connectivity index (χ0n) is 14.5. The van der Waals surface area contributed by atoms with Crippen LogP contribution in [0.3, 0.4) is 0 Å². The Balaban J connectivity index is 2.79. The monoisotopic (exact) mass is 340 g/mol. The van der Waals surface area contributed by atoms with Crippen molar-refractivity contribution in [2.75, 3.05) is 13.6 Å². The number of hydrogen-bond donors (Lipinski definition) is 1. The Bertz CT molecular complexity index is 612. The highest BCUT2D eigenvalue weighted by atomic mass is 32.2. The Hall–Kier alpha value is -1.40. The van der Waals surface area contributed by atoms with Gasteiger partial charge in [-0.3, -0.25) is 4.79 Å². The first-order valence-corrected chi connectivity index (χ1v) is 9.61. The molecule has 130 valence electrons. The van der Waals surface area contributed by atoms with Gasteiger partial charge in [0.05, 0.1) is 4.90 Å². The molecule has 0 aliphatic heterocycles. The van der Waals surface area contributed by atoms with Crippen LogP contribution in [0.25, 0.3) is 0 Å². The Morgan fingerprint density at radius 1 is 1.22 bits per heavy atom. The van der Waals surface area contributed by atoms with Crippen molar-refractivity contribution < 1.29 is 13.2 Å². The van der Waals surface area contributed by atoms with Crippen molar-refractivity contribution in [2.24, 2.45) is 0 Å². The van der Waals surface area contributed by atoms with Gasteiger partial charge in [0.15, 0.2) is 0 Å². The molecular formula is C17H28N2O3S. The van der Waals surface area contributed by atoms with E-state index in [1.807, 2.05) is 13.8 Å². The van der Waals surface area contributed by atoms with Gasteiger partial charge >= 0.3 is 0 Å². The fraction of sp³-hybridized carbons (Fsp3) is 0.588. The molecular weight excluding hydrogens is 312 g/mol. The summed E-state index contributed by atoms with van der Waals surface area (Å²) in [7, 11) is -2.03. The Morgan fingerprint density at radius 3 is 2.52 bits per heavy atom. The zero-order chi connectivity index (χ0) is 17.5. The third kappa shape index (κ3) is 5.62. The lowest BCUT2D eigenvalue weighted by Gasteiger charge is -2.21. The zero-order valence-corrected chi connectivity index (χ0v) is 15.3. The maximum absolute atomic E-state index is 12.5. The number of unbranched alkanes of at least 4 members (excludes halogenated alkanes) is 3. The molecule has 0 heterocycles. The van der Waals surface area contributed by atoms with Crippen molar-refractivity contribution in [1.29, 1.82) is 0 Å². The summed E-state index contributed by atoms with van der Waals surface area (Å²) >= 11 is 0. The molecule has 0 atom stereocenters. The standard InChI is InChI=1S/C17H28N2O3S/c1-5-6-7-8-12-18-17(20)15-10-9-11-16(13-15)23(21,22)19(4)14(2)3/h9-11,13-14H,5-8,12H2,1-4H3,(H,18,20). The van der Waals surface area contributed by atoms with Crippen LogP contribution in [-0.2, 0) is 10.0 Å². The third-order valence-corrected chi connectivity index (χ3v) is 5.85. The van der Waals surface area contributed by atoms with Gasteiger partial charge in [0.2, 0.25) is 10.0 Å². The predicted molar refractivity (Wildman–Crippen MR) is 93.0 cm³/mol. The third-order valence-electron chi connectivity index (χ3n) is 3.82. The quantitative estimate of drug-likeness (QED) is 0.703. The van der Waals surface area contributed by atoms with Crippen LogP contribution >= 0.6 is 0 Å². The van der Waals surface area contributed by atoms with Gasteiger partial charge in [-0.15, -0.1) is 0 Å². The lowest BCUT2D eigenvalue weighted by molar-refractivity contribution is 0.0952. The molecule has 0 saturated heterocycles. The maximum atomic E-state index is 12.5. The Labute approximate surface area is 140 Å². The molecule has 0 unspecified atom stereocenters. The largest absolute Gasteiger partial charge is 0.352 e. The van der Waals surface area contributed by atoms with Gasteiger partial charge in [-0.05, 0) is 38.5 Å². The van der Waals surface area contributed by atoms with Crippen molar-refractivity contribution in [3.63, 3.8) is 0 Å². The van der Waals surface area contributed by atoms with Gasteiger partial charge in [0, 0.05) is 25.2 Å². The minimum absolute atomic E-state index is 0.143. The minimum Gasteiger partial charge on any atom is -0.352 e. The smallest absolute Gasteiger partial charge is 0.251 e. The lowest BCUT2D eigenvalue weighted by Crippen LogP contribution is -2.33. The van der Waals surface area contributed by atoms with E-state index in [0.29, 0.717) is 12.1 Å². The van der Waals surface area contributed by atoms with E-state index in [2.05, 4.69) is 12.2 Å². The summed E-state index contributed by atoms with van der Waals surface area (Å²) in [4.78, 5) is 12.3. The second-order valence-electron chi connectivity index (χ2n) is 5.96. The highest BCUT2D eigenvalue weighted by Crippen LogP contribution is 2.17. The van der Waals surface area contributed by atoms with Crippen LogP contribution in [0.5, 0.6) is 0 Å². The van der Waals surface area contributed by atoms with E-state index in [1.165, 1.54) is 16.4 Å². The van der Waals surface area contributed by atoms with Crippen molar-refractivity contribution in [1.82, 2.24) is 9.62 Å². The van der Waals surface area contributed by atoms with Crippen LogP contribution in [-0.4, -0.2) is 38.3 Å². The molecule has 1 rings (SSSR count). The second-order valence-corrected chi connectivity index (χ2v) is 7.96. The van der Waals surface area contributed by atoms with E-state index in [4.69, 9.17) is 0 Å². The number of benzene rings is 1. The molecule has 23 heavy (non-hydrogen) atoms. The second kappa shape index (κ2) is 9.03. The number of hydrogen-bond acceptors (Lipinski definition) is 3. The summed E-state index contributed by atoms with van der Waals surface area (Å²) in [6, 6.07) is 6.06. The number of amides is 1. The summed E-state index contributed by atoms with van der Waals surface area (Å²) in [5.41, 5.74) is 0.374. The van der Waals surface area contributed by atoms with Gasteiger partial charge in [0.25, 0.3) is 5.91 Å². The maximum Gasteiger partial charge on any atom is 0.251 e. The molecule has 1 aromatic rings. The molecule has 1 N–H and O–H groups in total. The van der Waals surface area contributed by atoms with Crippen molar-refractivity contribution in [3.8, 4) is 0 Å². The topological polar surface area (TPSA) is 66.5 Å². The fourth-order valence-electron chi connectivity index (χ4n) is 2.10. The summed E-state index contributed by atoms with van der Waals surface area (Å²) < 4.78 is 26.3. The number of sulfonamides is 1. The van der Waals surface area contributed by atoms with Gasteiger partial charge in [-0.2, -0.15) is 4.31 Å². The van der Waals surface area contributed by atoms with E-state index in [9.17, 15) is 13.2 Å². The average Bonchev–Trinajstić information content (AvgIpc) is 2.53. The summed E-state index contributed by atoms with van der Waals surface area (Å²) in [6.45, 7) is 6.37. The normalized spacial score (nSPS) is 11.9. The highest BCUT2D eigenvalue weighted by Gasteiger charge is 2.23. The van der Waals surface area contributed by atoms with E-state index in [0.717, 1.165) is 25.7 Å². The molecule has 5 nitrogen and oxygen atoms in total. The summed E-state index contributed by atoms with van der Waals surface area (Å²) in [6.07, 6.45) is 4.33. The van der Waals surface area contributed by atoms with E-state index in [-0.39, 0.29) is 16.8 Å². The van der Waals surface area contributed by atoms with Crippen LogP contribution in [0.15, 0.2) is 29.2 Å². The molecule has 0 aliphatic carbocycles. The Morgan fingerprint density at radius 2 is 1.91 bits per heavy atom. The average molecular weight is 340 g/mol. The fourth-order valence-corrected chi connectivity index (χ4v) is 3.51. The lowest BCUT2D eigenvalue weighted by atomic mass is 10.2. The molecule has 0 bridgehead atoms. The molecule has 0 aliphatic rings. The highest BCUT2D eigenvalue weighted by molar-refractivity contribution is 7.89. The van der Waals surface area contributed by atoms with Crippen LogP contribution in [0.2, 0.25) is 0 Å². The van der Waals surface area contributed by atoms with Crippen LogP contribution in [0, 0.1) is 0 Å². The molecule has 0 radical (unpaired) electrons. The molecule has 0 spiro atoms. The van der Waals surface area contributed by atoms with Crippen LogP contribution in [0.4, 0.5) is 0 Å². The van der Waals surface area contributed by atoms with Crippen molar-refractivity contribution in [3.05, 3.63) is 29.8 Å². The molecule has 6 heteroatoms. The van der Waals surface area contributed by atoms with Crippen LogP contribution in [0.1, 0.15) is 56.8 Å². The van der Waals surface area contributed by atoms with Gasteiger partial charge < -0.3 is 5.32 Å². The van der Waals surface area contributed by atoms with Crippen molar-refractivity contribution >= 4 is 15.9 Å². The first kappa shape index (κ1) is 19.6. The Kier molecular flexibility index (Phi) is 7.72. The van der Waals surface area contributed by atoms with E-state index >= 15 is 0 Å². The van der Waals surface area contributed by atoms with Gasteiger partial charge in [-0.1, -0.05) is 32.3 Å². The number of nitrogens with one attached hydrogen (secondary N) is 1. The predicted octanol–water partition coefficient (Wildman–Crippen LogP) is 3.03.